The van der Waals surface area contributed by atoms with E-state index >= 15 is 0 Å². The highest BCUT2D eigenvalue weighted by Gasteiger charge is 2.10. The molecule has 1 unspecified atom stereocenters. The van der Waals surface area contributed by atoms with Crippen molar-refractivity contribution in [3.05, 3.63) is 23.8 Å². The number of hydrogen-bond acceptors (Lipinski definition) is 3. The van der Waals surface area contributed by atoms with Gasteiger partial charge >= 0.3 is 0 Å². The van der Waals surface area contributed by atoms with E-state index in [0.717, 1.165) is 37.2 Å². The fraction of sp³-hybridized carbons (Fsp3) is 0.571. The first-order chi connectivity index (χ1) is 8.10. The average Bonchev–Trinajstić information content (AvgIpc) is 2.28. The lowest BCUT2D eigenvalue weighted by Crippen LogP contribution is -2.24. The van der Waals surface area contributed by atoms with Crippen LogP contribution in [0.25, 0.3) is 0 Å². The Labute approximate surface area is 104 Å². The van der Waals surface area contributed by atoms with Gasteiger partial charge in [-0.05, 0) is 25.8 Å². The molecule has 3 N–H and O–H groups in total. The monoisotopic (exact) mass is 236 g/mol. The molecule has 0 fully saturated rings. The molecule has 3 nitrogen and oxygen atoms in total. The molecule has 0 saturated heterocycles. The summed E-state index contributed by atoms with van der Waals surface area (Å²) in [6.45, 7) is 8.25. The average molecular weight is 236 g/mol. The highest BCUT2D eigenvalue weighted by molar-refractivity contribution is 5.54. The van der Waals surface area contributed by atoms with Gasteiger partial charge in [0.1, 0.15) is 5.75 Å². The second-order valence-electron chi connectivity index (χ2n) is 4.52. The molecule has 0 amide bonds. The topological polar surface area (TPSA) is 49.5 Å². The number of aromatic hydroxyl groups is 1. The molecule has 1 rings (SSSR count). The Morgan fingerprint density at radius 1 is 1.24 bits per heavy atom. The normalized spacial score (nSPS) is 12.5. The van der Waals surface area contributed by atoms with Gasteiger partial charge in [0.25, 0.3) is 0 Å². The fourth-order valence-electron chi connectivity index (χ4n) is 2.02. The van der Waals surface area contributed by atoms with E-state index in [1.807, 2.05) is 25.1 Å². The summed E-state index contributed by atoms with van der Waals surface area (Å²) in [6, 6.07) is 5.66. The lowest BCUT2D eigenvalue weighted by molar-refractivity contribution is 0.463. The zero-order valence-electron chi connectivity index (χ0n) is 11.1. The summed E-state index contributed by atoms with van der Waals surface area (Å²) in [6.07, 6.45) is 2.21. The smallest absolute Gasteiger partial charge is 0.122 e. The number of phenolic OH excluding ortho intramolecular Hbond substituents is 1. The summed E-state index contributed by atoms with van der Waals surface area (Å²) in [4.78, 5) is 2.30. The molecule has 96 valence electrons. The predicted molar refractivity (Wildman–Crippen MR) is 73.5 cm³/mol. The van der Waals surface area contributed by atoms with Crippen LogP contribution in [-0.4, -0.2) is 18.2 Å². The molecule has 1 aromatic carbocycles. The number of anilines is 1. The van der Waals surface area contributed by atoms with Crippen molar-refractivity contribution in [3.63, 3.8) is 0 Å². The summed E-state index contributed by atoms with van der Waals surface area (Å²) in [7, 11) is 0. The number of hydrogen-bond donors (Lipinski definition) is 2. The zero-order chi connectivity index (χ0) is 12.8. The van der Waals surface area contributed by atoms with Crippen LogP contribution in [0.15, 0.2) is 18.2 Å². The van der Waals surface area contributed by atoms with Crippen LogP contribution in [0.4, 0.5) is 5.69 Å². The van der Waals surface area contributed by atoms with Crippen molar-refractivity contribution in [1.82, 2.24) is 0 Å². The molecule has 0 saturated carbocycles. The van der Waals surface area contributed by atoms with E-state index in [0.29, 0.717) is 5.75 Å². The third-order valence-corrected chi connectivity index (χ3v) is 2.86. The second-order valence-corrected chi connectivity index (χ2v) is 4.52. The molecule has 0 heterocycles. The van der Waals surface area contributed by atoms with Gasteiger partial charge in [0.15, 0.2) is 0 Å². The SMILES string of the molecule is CCCN(CCC)c1ccc(C(C)N)c(O)c1. The van der Waals surface area contributed by atoms with Gasteiger partial charge in [-0.15, -0.1) is 0 Å². The third-order valence-electron chi connectivity index (χ3n) is 2.86. The summed E-state index contributed by atoms with van der Waals surface area (Å²) < 4.78 is 0. The second kappa shape index (κ2) is 6.50. The van der Waals surface area contributed by atoms with Crippen molar-refractivity contribution in [2.75, 3.05) is 18.0 Å². The number of nitrogens with zero attached hydrogens (tertiary/aromatic N) is 1. The first kappa shape index (κ1) is 13.8. The molecule has 0 aromatic heterocycles. The summed E-state index contributed by atoms with van der Waals surface area (Å²) >= 11 is 0. The van der Waals surface area contributed by atoms with Crippen LogP contribution in [0.3, 0.4) is 0 Å². The van der Waals surface area contributed by atoms with Crippen LogP contribution in [-0.2, 0) is 0 Å². The Bertz CT molecular complexity index is 344. The van der Waals surface area contributed by atoms with Gasteiger partial charge in [-0.3, -0.25) is 0 Å². The van der Waals surface area contributed by atoms with Gasteiger partial charge in [-0.25, -0.2) is 0 Å². The molecular weight excluding hydrogens is 212 g/mol. The van der Waals surface area contributed by atoms with E-state index in [2.05, 4.69) is 18.7 Å². The van der Waals surface area contributed by atoms with Crippen LogP contribution in [0.5, 0.6) is 5.75 Å². The Kier molecular flexibility index (Phi) is 5.29. The Morgan fingerprint density at radius 2 is 1.82 bits per heavy atom. The Morgan fingerprint density at radius 3 is 2.24 bits per heavy atom. The van der Waals surface area contributed by atoms with Crippen molar-refractivity contribution < 1.29 is 5.11 Å². The highest BCUT2D eigenvalue weighted by Crippen LogP contribution is 2.28. The van der Waals surface area contributed by atoms with E-state index in [1.54, 1.807) is 0 Å². The van der Waals surface area contributed by atoms with E-state index in [9.17, 15) is 5.11 Å². The summed E-state index contributed by atoms with van der Waals surface area (Å²) in [5.41, 5.74) is 7.67. The minimum atomic E-state index is -0.130. The molecule has 3 heteroatoms. The molecule has 0 aliphatic carbocycles. The minimum Gasteiger partial charge on any atom is -0.508 e. The van der Waals surface area contributed by atoms with E-state index in [1.165, 1.54) is 0 Å². The standard InChI is InChI=1S/C14H24N2O/c1-4-8-16(9-5-2)12-6-7-13(11(3)15)14(17)10-12/h6-7,10-11,17H,4-5,8-9,15H2,1-3H3. The lowest BCUT2D eigenvalue weighted by Gasteiger charge is -2.24. The number of benzene rings is 1. The first-order valence-corrected chi connectivity index (χ1v) is 6.43. The van der Waals surface area contributed by atoms with Crippen molar-refractivity contribution in [3.8, 4) is 5.75 Å². The van der Waals surface area contributed by atoms with Crippen LogP contribution < -0.4 is 10.6 Å². The van der Waals surface area contributed by atoms with Crippen LogP contribution in [0, 0.1) is 0 Å². The van der Waals surface area contributed by atoms with Crippen molar-refractivity contribution in [2.24, 2.45) is 5.73 Å². The van der Waals surface area contributed by atoms with Crippen LogP contribution in [0.1, 0.15) is 45.2 Å². The molecule has 0 radical (unpaired) electrons. The van der Waals surface area contributed by atoms with Crippen LogP contribution >= 0.6 is 0 Å². The molecule has 1 aromatic rings. The van der Waals surface area contributed by atoms with Gasteiger partial charge in [0.2, 0.25) is 0 Å². The predicted octanol–water partition coefficient (Wildman–Crippen LogP) is 3.04. The van der Waals surface area contributed by atoms with Gasteiger partial charge in [0, 0.05) is 36.4 Å². The third kappa shape index (κ3) is 3.63. The number of rotatable bonds is 6. The van der Waals surface area contributed by atoms with Crippen molar-refractivity contribution >= 4 is 5.69 Å². The van der Waals surface area contributed by atoms with E-state index in [4.69, 9.17) is 5.73 Å². The maximum atomic E-state index is 9.94. The van der Waals surface area contributed by atoms with Crippen molar-refractivity contribution in [2.45, 2.75) is 39.7 Å². The molecular formula is C14H24N2O. The fourth-order valence-corrected chi connectivity index (χ4v) is 2.02. The molecule has 1 atom stereocenters. The number of phenols is 1. The van der Waals surface area contributed by atoms with E-state index < -0.39 is 0 Å². The van der Waals surface area contributed by atoms with Crippen LogP contribution in [0.2, 0.25) is 0 Å². The van der Waals surface area contributed by atoms with Gasteiger partial charge in [0.05, 0.1) is 0 Å². The Hall–Kier alpha value is -1.22. The largest absolute Gasteiger partial charge is 0.508 e. The van der Waals surface area contributed by atoms with Gasteiger partial charge in [-0.1, -0.05) is 19.9 Å². The summed E-state index contributed by atoms with van der Waals surface area (Å²) in [5.74, 6) is 0.301. The molecule has 17 heavy (non-hydrogen) atoms. The number of nitrogens with two attached hydrogens (primary N) is 1. The lowest BCUT2D eigenvalue weighted by atomic mass is 10.1. The highest BCUT2D eigenvalue weighted by atomic mass is 16.3. The molecule has 0 bridgehead atoms. The quantitative estimate of drug-likeness (QED) is 0.798. The molecule has 0 aliphatic heterocycles. The first-order valence-electron chi connectivity index (χ1n) is 6.43. The molecule has 0 aliphatic rings. The van der Waals surface area contributed by atoms with E-state index in [-0.39, 0.29) is 6.04 Å². The van der Waals surface area contributed by atoms with Crippen molar-refractivity contribution in [1.29, 1.82) is 0 Å². The zero-order valence-corrected chi connectivity index (χ0v) is 11.1. The van der Waals surface area contributed by atoms with Gasteiger partial charge in [-0.2, -0.15) is 0 Å². The Balaban J connectivity index is 2.93. The van der Waals surface area contributed by atoms with Gasteiger partial charge < -0.3 is 15.7 Å². The maximum absolute atomic E-state index is 9.94. The summed E-state index contributed by atoms with van der Waals surface area (Å²) in [5, 5.41) is 9.94. The molecule has 0 spiro atoms. The maximum Gasteiger partial charge on any atom is 0.122 e. The minimum absolute atomic E-state index is 0.130.